The highest BCUT2D eigenvalue weighted by Gasteiger charge is 2.53. The van der Waals surface area contributed by atoms with E-state index in [4.69, 9.17) is 39.0 Å². The predicted molar refractivity (Wildman–Crippen MR) is 150 cm³/mol. The van der Waals surface area contributed by atoms with Gasteiger partial charge in [-0.3, -0.25) is 46.8 Å². The first-order valence-corrected chi connectivity index (χ1v) is 16.9. The molecule has 0 radical (unpaired) electrons. The van der Waals surface area contributed by atoms with Gasteiger partial charge in [0.2, 0.25) is 11.9 Å². The van der Waals surface area contributed by atoms with Crippen LogP contribution in [0, 0.1) is 0 Å². The number of aromatic amines is 2. The number of phosphoric acid groups is 1. The number of nitrogens with two attached hydrogens (primary N) is 2. The maximum atomic E-state index is 13.5. The van der Waals surface area contributed by atoms with Gasteiger partial charge in [0.25, 0.3) is 11.1 Å². The van der Waals surface area contributed by atoms with Gasteiger partial charge in [0.1, 0.15) is 36.6 Å². The van der Waals surface area contributed by atoms with Crippen LogP contribution in [0.15, 0.2) is 22.2 Å². The van der Waals surface area contributed by atoms with Crippen molar-refractivity contribution in [1.82, 2.24) is 39.0 Å². The minimum Gasteiger partial charge on any atom is -0.386 e. The summed E-state index contributed by atoms with van der Waals surface area (Å²) in [6.45, 7) is -0.279. The molecule has 3 saturated heterocycles. The molecule has 7 heterocycles. The van der Waals surface area contributed by atoms with Crippen LogP contribution in [0.1, 0.15) is 12.5 Å². The van der Waals surface area contributed by atoms with Gasteiger partial charge in [-0.05, 0) is 0 Å². The maximum absolute atomic E-state index is 13.5. The zero-order valence-electron chi connectivity index (χ0n) is 23.3. The van der Waals surface area contributed by atoms with Gasteiger partial charge in [0, 0.05) is 6.66 Å². The number of fused-ring (bicyclic) bond motifs is 4. The Hall–Kier alpha value is -3.60. The summed E-state index contributed by atoms with van der Waals surface area (Å²) in [5, 5.41) is 22.4. The van der Waals surface area contributed by atoms with Crippen LogP contribution >= 0.6 is 15.4 Å². The van der Waals surface area contributed by atoms with E-state index in [9.17, 15) is 33.8 Å². The van der Waals surface area contributed by atoms with Crippen molar-refractivity contribution >= 4 is 49.6 Å². The van der Waals surface area contributed by atoms with Crippen molar-refractivity contribution in [3.05, 3.63) is 33.4 Å². The lowest BCUT2D eigenvalue weighted by molar-refractivity contribution is -0.0622. The molecule has 46 heavy (non-hydrogen) atoms. The summed E-state index contributed by atoms with van der Waals surface area (Å²) in [4.78, 5) is 55.7. The number of hydrogen-bond donors (Lipinski definition) is 7. The van der Waals surface area contributed by atoms with Crippen LogP contribution in [0.4, 0.5) is 11.9 Å². The summed E-state index contributed by atoms with van der Waals surface area (Å²) >= 11 is 0. The minimum atomic E-state index is -5.04. The Balaban J connectivity index is 1.18. The number of aromatic nitrogens is 8. The number of hydrogen-bond acceptors (Lipinski definition) is 18. The third-order valence-electron chi connectivity index (χ3n) is 7.51. The third-order valence-corrected chi connectivity index (χ3v) is 9.74. The van der Waals surface area contributed by atoms with Crippen LogP contribution < -0.4 is 22.6 Å². The van der Waals surface area contributed by atoms with Crippen LogP contribution in [0.2, 0.25) is 0 Å². The Morgan fingerprint density at radius 1 is 0.826 bits per heavy atom. The summed E-state index contributed by atoms with van der Waals surface area (Å²) in [6.07, 6.45) is -9.66. The summed E-state index contributed by atoms with van der Waals surface area (Å²) < 4.78 is 62.5. The van der Waals surface area contributed by atoms with Crippen molar-refractivity contribution < 1.29 is 51.8 Å². The first-order valence-electron chi connectivity index (χ1n) is 13.4. The number of aliphatic hydroxyl groups is 2. The smallest absolute Gasteiger partial charge is 0.386 e. The number of aliphatic hydroxyl groups excluding tert-OH is 2. The SMILES string of the molecule is CP1(=O)OC[C@@H]2O[C@@H](n3cnc4c(=O)[nH]c(N)nc43)C(O)[C@H]2OP(=O)(O)OC[C@@H]2O[C@@H](n3cnc4c(=O)[nH]c(N)nc43)C(O)[C@H]2O1. The first-order chi connectivity index (χ1) is 21.7. The van der Waals surface area contributed by atoms with E-state index in [1.807, 2.05) is 0 Å². The molecule has 4 aromatic rings. The summed E-state index contributed by atoms with van der Waals surface area (Å²) in [5.41, 5.74) is 9.61. The lowest BCUT2D eigenvalue weighted by atomic mass is 10.1. The van der Waals surface area contributed by atoms with E-state index >= 15 is 0 Å². The fraction of sp³-hybridized carbons (Fsp3) is 0.524. The summed E-state index contributed by atoms with van der Waals surface area (Å²) in [6, 6.07) is 0. The van der Waals surface area contributed by atoms with E-state index < -0.39 is 88.8 Å². The van der Waals surface area contributed by atoms with E-state index in [-0.39, 0.29) is 34.2 Å². The lowest BCUT2D eigenvalue weighted by Gasteiger charge is -2.28. The van der Waals surface area contributed by atoms with Crippen molar-refractivity contribution in [3.8, 4) is 0 Å². The Bertz CT molecular complexity index is 1900. The second-order valence-corrected chi connectivity index (χ2v) is 14.1. The van der Waals surface area contributed by atoms with Crippen LogP contribution in [0.5, 0.6) is 0 Å². The largest absolute Gasteiger partial charge is 0.472 e. The van der Waals surface area contributed by atoms with Gasteiger partial charge < -0.3 is 40.6 Å². The topological polar surface area (TPSA) is 329 Å². The normalized spacial score (nSPS) is 37.1. The van der Waals surface area contributed by atoms with Crippen LogP contribution in [0.25, 0.3) is 22.3 Å². The van der Waals surface area contributed by atoms with E-state index in [1.165, 1.54) is 4.57 Å². The molecule has 3 aliphatic rings. The van der Waals surface area contributed by atoms with Gasteiger partial charge in [-0.25, -0.2) is 14.5 Å². The van der Waals surface area contributed by atoms with Gasteiger partial charge in [-0.1, -0.05) is 0 Å². The molecule has 3 aliphatic heterocycles. The molecule has 25 heteroatoms. The quantitative estimate of drug-likeness (QED) is 0.109. The molecule has 0 saturated carbocycles. The molecule has 0 bridgehead atoms. The number of imidazole rings is 2. The molecule has 10 atom stereocenters. The number of phosphoric ester groups is 1. The van der Waals surface area contributed by atoms with Gasteiger partial charge in [0.15, 0.2) is 34.8 Å². The molecule has 0 amide bonds. The number of anilines is 2. The highest BCUT2D eigenvalue weighted by atomic mass is 31.2. The molecular weight excluding hydrogens is 662 g/mol. The number of H-pyrrole nitrogens is 2. The highest BCUT2D eigenvalue weighted by Crippen LogP contribution is 2.53. The molecule has 9 N–H and O–H groups in total. The molecule has 4 unspecified atom stereocenters. The van der Waals surface area contributed by atoms with E-state index in [1.54, 1.807) is 0 Å². The standard InChI is InChI=1S/C21H26N10O13P2/c1-45(36)39-2-6-13(11(33)19(41-6)31-5-25-9-15(31)27-21(23)29-17(9)35)44-46(37,38)40-3-7-12(43-45)10(32)18(42-7)30-4-24-8-14(30)26-20(22)28-16(8)34/h4-7,10-13,18-19,32-33H,2-3H2,1H3,(H,37,38)(H3,22,26,28,34)(H3,23,27,29,35)/t6-,7-,10?,11?,12-,13-,18+,19+,45?/m0/s1. The number of ether oxygens (including phenoxy) is 2. The fourth-order valence-corrected chi connectivity index (χ4v) is 7.64. The molecule has 4 aromatic heterocycles. The molecule has 0 aliphatic carbocycles. The van der Waals surface area contributed by atoms with Gasteiger partial charge in [-0.2, -0.15) is 9.97 Å². The Morgan fingerprint density at radius 3 is 1.78 bits per heavy atom. The average molecular weight is 688 g/mol. The van der Waals surface area contributed by atoms with Gasteiger partial charge >= 0.3 is 15.4 Å². The molecular formula is C21H26N10O13P2. The van der Waals surface area contributed by atoms with Crippen molar-refractivity contribution in [3.63, 3.8) is 0 Å². The average Bonchev–Trinajstić information content (AvgIpc) is 3.72. The first kappa shape index (κ1) is 31.0. The molecule has 7 rings (SSSR count). The lowest BCUT2D eigenvalue weighted by Crippen LogP contribution is -2.39. The molecule has 3 fully saturated rings. The number of nitrogens with zero attached hydrogens (tertiary/aromatic N) is 6. The van der Waals surface area contributed by atoms with Crippen LogP contribution in [-0.4, -0.2) is 111 Å². The Kier molecular flexibility index (Phi) is 7.41. The van der Waals surface area contributed by atoms with Crippen molar-refractivity contribution in [2.24, 2.45) is 0 Å². The van der Waals surface area contributed by atoms with Crippen molar-refractivity contribution in [1.29, 1.82) is 0 Å². The second kappa shape index (κ2) is 11.0. The van der Waals surface area contributed by atoms with Gasteiger partial charge in [-0.15, -0.1) is 0 Å². The van der Waals surface area contributed by atoms with Crippen molar-refractivity contribution in [2.45, 2.75) is 49.1 Å². The maximum Gasteiger partial charge on any atom is 0.472 e. The third kappa shape index (κ3) is 5.34. The Labute approximate surface area is 254 Å². The van der Waals surface area contributed by atoms with Crippen LogP contribution in [0.3, 0.4) is 0 Å². The highest BCUT2D eigenvalue weighted by molar-refractivity contribution is 7.53. The minimum absolute atomic E-state index is 0.0580. The van der Waals surface area contributed by atoms with Crippen molar-refractivity contribution in [2.75, 3.05) is 31.3 Å². The van der Waals surface area contributed by atoms with Crippen LogP contribution in [-0.2, 0) is 36.7 Å². The predicted octanol–water partition coefficient (Wildman–Crippen LogP) is -2.33. The zero-order chi connectivity index (χ0) is 32.7. The summed E-state index contributed by atoms with van der Waals surface area (Å²) in [7, 11) is -9.14. The number of nitrogens with one attached hydrogen (secondary N) is 2. The molecule has 23 nitrogen and oxygen atoms in total. The van der Waals surface area contributed by atoms with E-state index in [2.05, 4.69) is 29.9 Å². The monoisotopic (exact) mass is 688 g/mol. The summed E-state index contributed by atoms with van der Waals surface area (Å²) in [5.74, 6) is -0.488. The number of rotatable bonds is 2. The van der Waals surface area contributed by atoms with Gasteiger partial charge in [0.05, 0.1) is 25.9 Å². The molecule has 0 spiro atoms. The Morgan fingerprint density at radius 2 is 1.28 bits per heavy atom. The fourth-order valence-electron chi connectivity index (χ4n) is 5.50. The second-order valence-electron chi connectivity index (χ2n) is 10.6. The van der Waals surface area contributed by atoms with E-state index in [0.717, 1.165) is 23.9 Å². The molecule has 0 aromatic carbocycles. The number of nitrogen functional groups attached to an aromatic ring is 2. The zero-order valence-corrected chi connectivity index (χ0v) is 25.1. The van der Waals surface area contributed by atoms with E-state index in [0.29, 0.717) is 0 Å². The molecule has 248 valence electrons.